The predicted octanol–water partition coefficient (Wildman–Crippen LogP) is 3.23. The number of para-hydroxylation sites is 1. The van der Waals surface area contributed by atoms with Gasteiger partial charge in [-0.2, -0.15) is 5.10 Å². The molecule has 142 valence electrons. The molecular formula is C19H14FN3O4S. The summed E-state index contributed by atoms with van der Waals surface area (Å²) in [6.45, 7) is 0. The number of rotatable bonds is 5. The molecule has 0 saturated carbocycles. The fourth-order valence-corrected chi connectivity index (χ4v) is 2.85. The second-order valence-electron chi connectivity index (χ2n) is 5.31. The summed E-state index contributed by atoms with van der Waals surface area (Å²) in [5.41, 5.74) is 0.164. The Balaban J connectivity index is 1.72. The molecule has 1 heterocycles. The van der Waals surface area contributed by atoms with Gasteiger partial charge in [0.1, 0.15) is 5.75 Å². The molecule has 1 saturated heterocycles. The van der Waals surface area contributed by atoms with Crippen molar-refractivity contribution in [2.75, 3.05) is 7.11 Å². The zero-order chi connectivity index (χ0) is 19.9. The second kappa shape index (κ2) is 8.96. The van der Waals surface area contributed by atoms with Gasteiger partial charge in [0.05, 0.1) is 18.2 Å². The number of hydrogen-bond acceptors (Lipinski definition) is 7. The van der Waals surface area contributed by atoms with Crippen LogP contribution in [0, 0.1) is 5.82 Å². The number of nitrogens with zero attached hydrogens (tertiary/aromatic N) is 2. The fraction of sp³-hybridized carbons (Fsp3) is 0.0526. The lowest BCUT2D eigenvalue weighted by Gasteiger charge is -2.07. The quantitative estimate of drug-likeness (QED) is 0.361. The molecule has 28 heavy (non-hydrogen) atoms. The van der Waals surface area contributed by atoms with E-state index in [9.17, 15) is 14.0 Å². The molecule has 3 rings (SSSR count). The number of esters is 1. The fourth-order valence-electron chi connectivity index (χ4n) is 2.11. The van der Waals surface area contributed by atoms with E-state index in [-0.39, 0.29) is 21.4 Å². The molecule has 1 N–H and O–H groups in total. The first-order valence-electron chi connectivity index (χ1n) is 7.98. The number of benzene rings is 2. The van der Waals surface area contributed by atoms with E-state index in [1.165, 1.54) is 25.5 Å². The maximum absolute atomic E-state index is 14.6. The molecule has 0 aliphatic carbocycles. The first-order valence-corrected chi connectivity index (χ1v) is 8.80. The van der Waals surface area contributed by atoms with Crippen molar-refractivity contribution in [2.45, 2.75) is 0 Å². The van der Waals surface area contributed by atoms with Crippen molar-refractivity contribution in [1.82, 2.24) is 5.32 Å². The Morgan fingerprint density at radius 3 is 2.71 bits per heavy atom. The van der Waals surface area contributed by atoms with E-state index in [1.54, 1.807) is 30.3 Å². The molecule has 7 nitrogen and oxygen atoms in total. The van der Waals surface area contributed by atoms with Crippen molar-refractivity contribution in [3.63, 3.8) is 0 Å². The number of halogens is 1. The number of methoxy groups -OCH3 is 1. The van der Waals surface area contributed by atoms with E-state index in [4.69, 9.17) is 4.74 Å². The van der Waals surface area contributed by atoms with E-state index in [0.717, 1.165) is 17.8 Å². The Hall–Kier alpha value is -3.46. The van der Waals surface area contributed by atoms with Crippen molar-refractivity contribution in [3.05, 3.63) is 70.9 Å². The molecule has 0 aromatic heterocycles. The van der Waals surface area contributed by atoms with Gasteiger partial charge in [0, 0.05) is 11.6 Å². The summed E-state index contributed by atoms with van der Waals surface area (Å²) in [6, 6.07) is 13.5. The number of hydrogen-bond donors (Lipinski definition) is 1. The van der Waals surface area contributed by atoms with Crippen molar-refractivity contribution in [1.29, 1.82) is 0 Å². The minimum atomic E-state index is -0.653. The molecule has 1 amide bonds. The van der Waals surface area contributed by atoms with Crippen LogP contribution in [0.4, 0.5) is 4.39 Å². The zero-order valence-electron chi connectivity index (χ0n) is 14.6. The average Bonchev–Trinajstić information content (AvgIpc) is 3.04. The van der Waals surface area contributed by atoms with Gasteiger partial charge in [-0.3, -0.25) is 10.1 Å². The van der Waals surface area contributed by atoms with E-state index in [2.05, 4.69) is 20.3 Å². The standard InChI is InChI=1S/C19H14FN3O4S/c1-26-16(24)10-15-18(25)22-19(28-15)23-21-11-12-6-5-9-14(17(12)20)27-13-7-3-2-4-8-13/h2-11H,1H3,(H,22,23,25)/b15-10+,21-11?. The third kappa shape index (κ3) is 4.83. The molecule has 1 aliphatic heterocycles. The third-order valence-electron chi connectivity index (χ3n) is 3.41. The lowest BCUT2D eigenvalue weighted by atomic mass is 10.2. The highest BCUT2D eigenvalue weighted by molar-refractivity contribution is 8.18. The SMILES string of the molecule is COC(=O)/C=C1/S/C(=N\N=Cc2cccc(Oc3ccccc3)c2F)NC1=O. The van der Waals surface area contributed by atoms with Crippen LogP contribution in [-0.4, -0.2) is 30.4 Å². The molecule has 0 spiro atoms. The average molecular weight is 399 g/mol. The summed E-state index contributed by atoms with van der Waals surface area (Å²) in [4.78, 5) is 23.1. The molecule has 0 bridgehead atoms. The van der Waals surface area contributed by atoms with Crippen molar-refractivity contribution < 1.29 is 23.5 Å². The number of ether oxygens (including phenoxy) is 2. The van der Waals surface area contributed by atoms with Crippen LogP contribution in [0.2, 0.25) is 0 Å². The molecule has 1 aliphatic rings. The third-order valence-corrected chi connectivity index (χ3v) is 4.31. The van der Waals surface area contributed by atoms with Crippen LogP contribution < -0.4 is 10.1 Å². The number of thioether (sulfide) groups is 1. The maximum Gasteiger partial charge on any atom is 0.331 e. The van der Waals surface area contributed by atoms with E-state index < -0.39 is 17.7 Å². The van der Waals surface area contributed by atoms with Crippen LogP contribution in [0.25, 0.3) is 0 Å². The zero-order valence-corrected chi connectivity index (χ0v) is 15.4. The van der Waals surface area contributed by atoms with E-state index in [0.29, 0.717) is 5.75 Å². The van der Waals surface area contributed by atoms with Gasteiger partial charge in [0.2, 0.25) is 0 Å². The Labute approximate surface area is 163 Å². The van der Waals surface area contributed by atoms with Crippen molar-refractivity contribution >= 4 is 35.0 Å². The smallest absolute Gasteiger partial charge is 0.331 e. The second-order valence-corrected chi connectivity index (χ2v) is 6.34. The summed E-state index contributed by atoms with van der Waals surface area (Å²) in [7, 11) is 1.21. The van der Waals surface area contributed by atoms with Gasteiger partial charge in [0.15, 0.2) is 16.7 Å². The Morgan fingerprint density at radius 2 is 1.96 bits per heavy atom. The van der Waals surface area contributed by atoms with Crippen molar-refractivity contribution in [3.8, 4) is 11.5 Å². The van der Waals surface area contributed by atoms with Crippen molar-refractivity contribution in [2.24, 2.45) is 10.2 Å². The van der Waals surface area contributed by atoms with Gasteiger partial charge in [-0.15, -0.1) is 5.10 Å². The van der Waals surface area contributed by atoms with E-state index in [1.807, 2.05) is 6.07 Å². The molecule has 0 unspecified atom stereocenters. The molecule has 0 atom stereocenters. The molecule has 2 aromatic rings. The lowest BCUT2D eigenvalue weighted by molar-refractivity contribution is -0.135. The molecule has 0 radical (unpaired) electrons. The summed E-state index contributed by atoms with van der Waals surface area (Å²) in [5, 5.41) is 10.2. The van der Waals surface area contributed by atoms with Gasteiger partial charge in [-0.25, -0.2) is 9.18 Å². The van der Waals surface area contributed by atoms with E-state index >= 15 is 0 Å². The number of carbonyl (C=O) groups excluding carboxylic acids is 2. The van der Waals surface area contributed by atoms with Crippen LogP contribution in [0.15, 0.2) is 69.7 Å². The first kappa shape index (κ1) is 19.3. The molecule has 2 aromatic carbocycles. The summed E-state index contributed by atoms with van der Waals surface area (Å²) < 4.78 is 24.6. The first-order chi connectivity index (χ1) is 13.6. The minimum absolute atomic E-state index is 0.0506. The lowest BCUT2D eigenvalue weighted by Crippen LogP contribution is -2.19. The van der Waals surface area contributed by atoms with Crippen LogP contribution in [-0.2, 0) is 14.3 Å². The number of amides is 1. The highest BCUT2D eigenvalue weighted by Crippen LogP contribution is 2.26. The van der Waals surface area contributed by atoms with Gasteiger partial charge >= 0.3 is 5.97 Å². The minimum Gasteiger partial charge on any atom is -0.466 e. The van der Waals surface area contributed by atoms with Gasteiger partial charge in [0.25, 0.3) is 5.91 Å². The largest absolute Gasteiger partial charge is 0.466 e. The molecule has 1 fully saturated rings. The van der Waals surface area contributed by atoms with Crippen LogP contribution in [0.1, 0.15) is 5.56 Å². The number of amidine groups is 1. The summed E-state index contributed by atoms with van der Waals surface area (Å²) >= 11 is 0.924. The molecule has 9 heteroatoms. The van der Waals surface area contributed by atoms with Crippen LogP contribution in [0.5, 0.6) is 11.5 Å². The van der Waals surface area contributed by atoms with Gasteiger partial charge in [-0.05, 0) is 30.0 Å². The topological polar surface area (TPSA) is 89.3 Å². The Bertz CT molecular complexity index is 990. The highest BCUT2D eigenvalue weighted by atomic mass is 32.2. The number of nitrogens with one attached hydrogen (secondary N) is 1. The highest BCUT2D eigenvalue weighted by Gasteiger charge is 2.25. The van der Waals surface area contributed by atoms with Gasteiger partial charge in [-0.1, -0.05) is 30.3 Å². The van der Waals surface area contributed by atoms with Gasteiger partial charge < -0.3 is 9.47 Å². The monoisotopic (exact) mass is 399 g/mol. The Kier molecular flexibility index (Phi) is 6.18. The summed E-state index contributed by atoms with van der Waals surface area (Å²) in [6.07, 6.45) is 2.26. The Morgan fingerprint density at radius 1 is 1.18 bits per heavy atom. The molecular weight excluding hydrogens is 385 g/mol. The van der Waals surface area contributed by atoms with Crippen LogP contribution >= 0.6 is 11.8 Å². The number of carbonyl (C=O) groups is 2. The maximum atomic E-state index is 14.6. The van der Waals surface area contributed by atoms with Crippen LogP contribution in [0.3, 0.4) is 0 Å². The summed E-state index contributed by atoms with van der Waals surface area (Å²) in [5.74, 6) is -1.18. The normalized spacial score (nSPS) is 16.6. The predicted molar refractivity (Wildman–Crippen MR) is 104 cm³/mol.